The lowest BCUT2D eigenvalue weighted by atomic mass is 9.96. The van der Waals surface area contributed by atoms with E-state index >= 15 is 0 Å². The van der Waals surface area contributed by atoms with Gasteiger partial charge in [-0.1, -0.05) is 6.92 Å². The van der Waals surface area contributed by atoms with Crippen LogP contribution < -0.4 is 11.1 Å². The molecule has 0 aromatic heterocycles. The molecule has 2 nitrogen and oxygen atoms in total. The highest BCUT2D eigenvalue weighted by atomic mass is 14.8. The van der Waals surface area contributed by atoms with Gasteiger partial charge < -0.3 is 11.1 Å². The molecule has 0 unspecified atom stereocenters. The predicted octanol–water partition coefficient (Wildman–Crippen LogP) is 2.70. The molecule has 0 aliphatic carbocycles. The van der Waals surface area contributed by atoms with Crippen LogP contribution in [0.5, 0.6) is 0 Å². The molecule has 80 valence electrons. The van der Waals surface area contributed by atoms with Gasteiger partial charge in [-0.25, -0.2) is 0 Å². The van der Waals surface area contributed by atoms with Crippen molar-refractivity contribution in [1.82, 2.24) is 5.32 Å². The second-order valence-electron chi connectivity index (χ2n) is 3.42. The summed E-state index contributed by atoms with van der Waals surface area (Å²) in [5.41, 5.74) is 10.6. The molecule has 0 radical (unpaired) electrons. The van der Waals surface area contributed by atoms with Crippen molar-refractivity contribution in [3.63, 3.8) is 0 Å². The molecular formula is C12H22N2. The minimum absolute atomic E-state index is 1.01. The zero-order valence-corrected chi connectivity index (χ0v) is 9.94. The van der Waals surface area contributed by atoms with Gasteiger partial charge in [-0.2, -0.15) is 0 Å². The quantitative estimate of drug-likeness (QED) is 0.675. The molecule has 0 atom stereocenters. The van der Waals surface area contributed by atoms with Crippen molar-refractivity contribution in [2.75, 3.05) is 7.05 Å². The van der Waals surface area contributed by atoms with Gasteiger partial charge in [0.1, 0.15) is 0 Å². The van der Waals surface area contributed by atoms with E-state index < -0.39 is 0 Å². The van der Waals surface area contributed by atoms with Crippen molar-refractivity contribution < 1.29 is 0 Å². The average molecular weight is 194 g/mol. The van der Waals surface area contributed by atoms with Gasteiger partial charge in [0.2, 0.25) is 0 Å². The van der Waals surface area contributed by atoms with Gasteiger partial charge in [0.25, 0.3) is 0 Å². The van der Waals surface area contributed by atoms with Crippen molar-refractivity contribution >= 4 is 0 Å². The molecule has 0 saturated heterocycles. The Morgan fingerprint density at radius 3 is 2.14 bits per heavy atom. The van der Waals surface area contributed by atoms with Gasteiger partial charge in [-0.3, -0.25) is 0 Å². The standard InChI is InChI=1S/C12H22N2/c1-6-12(9(2)7-13)11(4)10(3)8-14-5/h7-8,14H,6,13H2,1-5H3/b9-7-,10-8-,12-11+. The van der Waals surface area contributed by atoms with E-state index in [1.165, 1.54) is 16.7 Å². The molecule has 0 heterocycles. The normalized spacial score (nSPS) is 15.2. The first kappa shape index (κ1) is 12.8. The first-order valence-electron chi connectivity index (χ1n) is 5.01. The van der Waals surface area contributed by atoms with E-state index in [-0.39, 0.29) is 0 Å². The molecule has 0 aromatic rings. The number of hydrogen-bond acceptors (Lipinski definition) is 2. The summed E-state index contributed by atoms with van der Waals surface area (Å²) < 4.78 is 0. The Morgan fingerprint density at radius 2 is 1.79 bits per heavy atom. The Kier molecular flexibility index (Phi) is 5.77. The Morgan fingerprint density at radius 1 is 1.21 bits per heavy atom. The summed E-state index contributed by atoms with van der Waals surface area (Å²) in [6.45, 7) is 8.44. The number of nitrogens with two attached hydrogens (primary N) is 1. The summed E-state index contributed by atoms with van der Waals surface area (Å²) in [6, 6.07) is 0. The monoisotopic (exact) mass is 194 g/mol. The Balaban J connectivity index is 5.12. The number of nitrogens with one attached hydrogen (secondary N) is 1. The molecule has 0 fully saturated rings. The van der Waals surface area contributed by atoms with Crippen LogP contribution in [0.3, 0.4) is 0 Å². The maximum absolute atomic E-state index is 5.53. The molecule has 0 saturated carbocycles. The summed E-state index contributed by atoms with van der Waals surface area (Å²) in [5, 5.41) is 3.04. The van der Waals surface area contributed by atoms with E-state index in [0.29, 0.717) is 0 Å². The van der Waals surface area contributed by atoms with Gasteiger partial charge in [0.05, 0.1) is 0 Å². The minimum Gasteiger partial charge on any atom is -0.404 e. The van der Waals surface area contributed by atoms with E-state index in [1.54, 1.807) is 6.20 Å². The van der Waals surface area contributed by atoms with Gasteiger partial charge >= 0.3 is 0 Å². The second kappa shape index (κ2) is 6.30. The van der Waals surface area contributed by atoms with E-state index in [9.17, 15) is 0 Å². The Hall–Kier alpha value is -1.18. The average Bonchev–Trinajstić information content (AvgIpc) is 2.18. The SMILES string of the molecule is CCC(/C(C)=C\N)=C(C)\C(C)=C/NC. The fourth-order valence-corrected chi connectivity index (χ4v) is 1.50. The van der Waals surface area contributed by atoms with Gasteiger partial charge in [-0.05, 0) is 61.9 Å². The second-order valence-corrected chi connectivity index (χ2v) is 3.42. The third-order valence-corrected chi connectivity index (χ3v) is 2.48. The highest BCUT2D eigenvalue weighted by Crippen LogP contribution is 2.22. The zero-order chi connectivity index (χ0) is 11.1. The van der Waals surface area contributed by atoms with E-state index in [0.717, 1.165) is 12.0 Å². The van der Waals surface area contributed by atoms with Crippen LogP contribution in [0.15, 0.2) is 34.7 Å². The smallest absolute Gasteiger partial charge is 0.00278 e. The van der Waals surface area contributed by atoms with Gasteiger partial charge in [0.15, 0.2) is 0 Å². The molecule has 3 N–H and O–H groups in total. The van der Waals surface area contributed by atoms with Crippen LogP contribution >= 0.6 is 0 Å². The van der Waals surface area contributed by atoms with E-state index in [2.05, 4.69) is 33.0 Å². The lowest BCUT2D eigenvalue weighted by molar-refractivity contribution is 1.03. The van der Waals surface area contributed by atoms with Crippen molar-refractivity contribution in [3.05, 3.63) is 34.7 Å². The van der Waals surface area contributed by atoms with Crippen LogP contribution in [-0.2, 0) is 0 Å². The van der Waals surface area contributed by atoms with Crippen LogP contribution in [0, 0.1) is 0 Å². The number of rotatable bonds is 4. The molecule has 0 amide bonds. The third kappa shape index (κ3) is 3.29. The molecule has 0 spiro atoms. The molecule has 0 rings (SSSR count). The van der Waals surface area contributed by atoms with Gasteiger partial charge in [-0.15, -0.1) is 0 Å². The summed E-state index contributed by atoms with van der Waals surface area (Å²) in [7, 11) is 1.91. The lowest BCUT2D eigenvalue weighted by Gasteiger charge is -2.11. The first-order valence-corrected chi connectivity index (χ1v) is 5.01. The lowest BCUT2D eigenvalue weighted by Crippen LogP contribution is -1.99. The molecule has 0 aromatic carbocycles. The molecule has 0 aliphatic rings. The van der Waals surface area contributed by atoms with Crippen molar-refractivity contribution in [3.8, 4) is 0 Å². The maximum Gasteiger partial charge on any atom is 0.00278 e. The first-order chi connectivity index (χ1) is 6.58. The zero-order valence-electron chi connectivity index (χ0n) is 9.94. The van der Waals surface area contributed by atoms with Gasteiger partial charge in [0, 0.05) is 7.05 Å². The Labute approximate surface area is 87.6 Å². The van der Waals surface area contributed by atoms with Crippen LogP contribution in [0.4, 0.5) is 0 Å². The fourth-order valence-electron chi connectivity index (χ4n) is 1.50. The molecule has 2 heteroatoms. The van der Waals surface area contributed by atoms with Crippen LogP contribution in [0.2, 0.25) is 0 Å². The third-order valence-electron chi connectivity index (χ3n) is 2.48. The summed E-state index contributed by atoms with van der Waals surface area (Å²) in [6.07, 6.45) is 4.70. The van der Waals surface area contributed by atoms with Crippen LogP contribution in [0.1, 0.15) is 34.1 Å². The van der Waals surface area contributed by atoms with E-state index in [4.69, 9.17) is 5.73 Å². The summed E-state index contributed by atoms with van der Waals surface area (Å²) in [5.74, 6) is 0. The molecule has 14 heavy (non-hydrogen) atoms. The molecule has 0 bridgehead atoms. The van der Waals surface area contributed by atoms with Crippen LogP contribution in [0.25, 0.3) is 0 Å². The number of hydrogen-bond donors (Lipinski definition) is 2. The molecular weight excluding hydrogens is 172 g/mol. The van der Waals surface area contributed by atoms with E-state index in [1.807, 2.05) is 13.2 Å². The maximum atomic E-state index is 5.53. The summed E-state index contributed by atoms with van der Waals surface area (Å²) >= 11 is 0. The predicted molar refractivity (Wildman–Crippen MR) is 63.8 cm³/mol. The highest BCUT2D eigenvalue weighted by Gasteiger charge is 2.03. The topological polar surface area (TPSA) is 38.0 Å². The van der Waals surface area contributed by atoms with Crippen molar-refractivity contribution in [1.29, 1.82) is 0 Å². The van der Waals surface area contributed by atoms with Crippen molar-refractivity contribution in [2.24, 2.45) is 5.73 Å². The minimum atomic E-state index is 1.01. The Bertz CT molecular complexity index is 270. The number of allylic oxidation sites excluding steroid dienone is 4. The summed E-state index contributed by atoms with van der Waals surface area (Å²) in [4.78, 5) is 0. The fraction of sp³-hybridized carbons (Fsp3) is 0.500. The largest absolute Gasteiger partial charge is 0.404 e. The molecule has 0 aliphatic heterocycles. The highest BCUT2D eigenvalue weighted by molar-refractivity contribution is 5.41. The van der Waals surface area contributed by atoms with Crippen molar-refractivity contribution in [2.45, 2.75) is 34.1 Å². The van der Waals surface area contributed by atoms with Crippen LogP contribution in [-0.4, -0.2) is 7.05 Å².